The van der Waals surface area contributed by atoms with E-state index in [1.54, 1.807) is 31.4 Å². The maximum Gasteiger partial charge on any atom is 0.416 e. The number of benzene rings is 2. The first-order valence-electron chi connectivity index (χ1n) is 9.77. The maximum atomic E-state index is 12.9. The highest BCUT2D eigenvalue weighted by molar-refractivity contribution is 5.37. The zero-order valence-electron chi connectivity index (χ0n) is 17.0. The lowest BCUT2D eigenvalue weighted by Gasteiger charge is -2.23. The first-order chi connectivity index (χ1) is 14.8. The third-order valence-corrected chi connectivity index (χ3v) is 4.87. The van der Waals surface area contributed by atoms with Crippen LogP contribution in [0.5, 0.6) is 11.5 Å². The summed E-state index contributed by atoms with van der Waals surface area (Å²) in [5.74, 6) is 0.674. The molecule has 4 N–H and O–H groups in total. The van der Waals surface area contributed by atoms with Gasteiger partial charge in [0.15, 0.2) is 0 Å². The van der Waals surface area contributed by atoms with E-state index in [1.165, 1.54) is 12.1 Å². The van der Waals surface area contributed by atoms with E-state index in [-0.39, 0.29) is 11.7 Å². The molecule has 0 aliphatic heterocycles. The molecule has 0 aromatic heterocycles. The molecule has 0 heterocycles. The molecule has 0 fully saturated rings. The van der Waals surface area contributed by atoms with Crippen molar-refractivity contribution in [2.45, 2.75) is 25.4 Å². The lowest BCUT2D eigenvalue weighted by Crippen LogP contribution is -2.33. The van der Waals surface area contributed by atoms with Gasteiger partial charge in [-0.3, -0.25) is 5.32 Å². The molecule has 0 bridgehead atoms. The van der Waals surface area contributed by atoms with Crippen LogP contribution in [-0.2, 0) is 17.5 Å². The van der Waals surface area contributed by atoms with Crippen LogP contribution in [0.25, 0.3) is 0 Å². The molecule has 0 saturated heterocycles. The summed E-state index contributed by atoms with van der Waals surface area (Å²) in [6, 6.07) is 11.6. The number of hydrogen-bond acceptors (Lipinski definition) is 5. The van der Waals surface area contributed by atoms with Crippen LogP contribution in [0.1, 0.15) is 17.5 Å². The summed E-state index contributed by atoms with van der Waals surface area (Å²) in [4.78, 5) is 0. The van der Waals surface area contributed by atoms with E-state index in [2.05, 4.69) is 5.32 Å². The Balaban J connectivity index is 1.61. The first-order valence-corrected chi connectivity index (χ1v) is 9.77. The molecule has 0 radical (unpaired) electrons. The molecule has 2 aromatic rings. The molecule has 2 atom stereocenters. The third-order valence-electron chi connectivity index (χ3n) is 4.87. The molecule has 166 valence electrons. The van der Waals surface area contributed by atoms with E-state index in [4.69, 9.17) is 15.2 Å². The van der Waals surface area contributed by atoms with Gasteiger partial charge in [-0.2, -0.15) is 13.2 Å². The smallest absolute Gasteiger partial charge is 0.416 e. The molecule has 2 aromatic carbocycles. The Kier molecular flexibility index (Phi) is 7.37. The molecule has 0 saturated carbocycles. The molecular formula is C23H25F3N2O3. The number of rotatable bonds is 8. The lowest BCUT2D eigenvalue weighted by atomic mass is 9.93. The first kappa shape index (κ1) is 22.9. The maximum absolute atomic E-state index is 12.9. The van der Waals surface area contributed by atoms with E-state index < -0.39 is 18.0 Å². The van der Waals surface area contributed by atoms with Crippen molar-refractivity contribution in [1.82, 2.24) is 5.32 Å². The van der Waals surface area contributed by atoms with Crippen molar-refractivity contribution in [3.8, 4) is 11.5 Å². The largest absolute Gasteiger partial charge is 0.457 e. The standard InChI is InChI=1S/C23H25F3N2O3/c1-30-14-16-8-9-20(21(27)11-16)22(29)28-13-15-4-2-6-18(10-15)31-19-7-3-5-17(12-19)23(24,25)26/h2-10,12,16,22,28-29H,11,13-14,27H2,1H3. The van der Waals surface area contributed by atoms with Crippen molar-refractivity contribution in [1.29, 1.82) is 0 Å². The van der Waals surface area contributed by atoms with Crippen molar-refractivity contribution in [2.24, 2.45) is 11.7 Å². The van der Waals surface area contributed by atoms with Crippen molar-refractivity contribution in [2.75, 3.05) is 13.7 Å². The second-order valence-corrected chi connectivity index (χ2v) is 7.32. The fourth-order valence-electron chi connectivity index (χ4n) is 3.33. The third kappa shape index (κ3) is 6.33. The Morgan fingerprint density at radius 1 is 1.16 bits per heavy atom. The number of aliphatic hydroxyl groups excluding tert-OH is 1. The lowest BCUT2D eigenvalue weighted by molar-refractivity contribution is -0.137. The van der Waals surface area contributed by atoms with Crippen LogP contribution >= 0.6 is 0 Å². The van der Waals surface area contributed by atoms with Crippen molar-refractivity contribution in [3.05, 3.63) is 83.1 Å². The number of alkyl halides is 3. The fourth-order valence-corrected chi connectivity index (χ4v) is 3.33. The summed E-state index contributed by atoms with van der Waals surface area (Å²) < 4.78 is 49.3. The Morgan fingerprint density at radius 2 is 1.87 bits per heavy atom. The highest BCUT2D eigenvalue weighted by Gasteiger charge is 2.30. The van der Waals surface area contributed by atoms with Gasteiger partial charge in [-0.25, -0.2) is 0 Å². The Morgan fingerprint density at radius 3 is 2.55 bits per heavy atom. The highest BCUT2D eigenvalue weighted by atomic mass is 19.4. The molecular weight excluding hydrogens is 409 g/mol. The molecule has 31 heavy (non-hydrogen) atoms. The number of allylic oxidation sites excluding steroid dienone is 1. The number of nitrogens with two attached hydrogens (primary N) is 1. The zero-order chi connectivity index (χ0) is 22.4. The van der Waals surface area contributed by atoms with Gasteiger partial charge in [0.1, 0.15) is 17.7 Å². The van der Waals surface area contributed by atoms with Crippen molar-refractivity contribution < 1.29 is 27.8 Å². The number of hydrogen-bond donors (Lipinski definition) is 3. The molecule has 0 amide bonds. The van der Waals surface area contributed by atoms with E-state index >= 15 is 0 Å². The number of nitrogens with one attached hydrogen (secondary N) is 1. The summed E-state index contributed by atoms with van der Waals surface area (Å²) in [5.41, 5.74) is 7.33. The Bertz CT molecular complexity index is 957. The zero-order valence-corrected chi connectivity index (χ0v) is 17.0. The van der Waals surface area contributed by atoms with E-state index in [1.807, 2.05) is 12.1 Å². The second-order valence-electron chi connectivity index (χ2n) is 7.32. The van der Waals surface area contributed by atoms with Gasteiger partial charge in [0.05, 0.1) is 12.2 Å². The molecule has 1 aliphatic carbocycles. The van der Waals surface area contributed by atoms with Gasteiger partial charge in [-0.05, 0) is 42.3 Å². The fraction of sp³-hybridized carbons (Fsp3) is 0.304. The normalized spacial score (nSPS) is 17.6. The average molecular weight is 434 g/mol. The van der Waals surface area contributed by atoms with Crippen LogP contribution in [0.4, 0.5) is 13.2 Å². The molecule has 0 spiro atoms. The van der Waals surface area contributed by atoms with Gasteiger partial charge in [0.25, 0.3) is 0 Å². The summed E-state index contributed by atoms with van der Waals surface area (Å²) in [7, 11) is 1.63. The monoisotopic (exact) mass is 434 g/mol. The number of halogens is 3. The molecule has 8 heteroatoms. The van der Waals surface area contributed by atoms with Crippen LogP contribution in [-0.4, -0.2) is 25.1 Å². The topological polar surface area (TPSA) is 76.7 Å². The predicted octanol–water partition coefficient (Wildman–Crippen LogP) is 4.34. The SMILES string of the molecule is COCC1C=CC(C(O)NCc2cccc(Oc3cccc(C(F)(F)F)c3)c2)=C(N)C1. The van der Waals surface area contributed by atoms with Gasteiger partial charge in [0.2, 0.25) is 0 Å². The molecule has 3 rings (SSSR count). The van der Waals surface area contributed by atoms with E-state index in [0.717, 1.165) is 17.7 Å². The number of aliphatic hydroxyl groups is 1. The van der Waals surface area contributed by atoms with Crippen LogP contribution in [0.2, 0.25) is 0 Å². The van der Waals surface area contributed by atoms with Gasteiger partial charge in [0, 0.05) is 30.8 Å². The summed E-state index contributed by atoms with van der Waals surface area (Å²) in [6.45, 7) is 0.875. The number of methoxy groups -OCH3 is 1. The van der Waals surface area contributed by atoms with Crippen molar-refractivity contribution in [3.63, 3.8) is 0 Å². The van der Waals surface area contributed by atoms with Crippen LogP contribution in [0.15, 0.2) is 72.0 Å². The quantitative estimate of drug-likeness (QED) is 0.539. The van der Waals surface area contributed by atoms with E-state index in [9.17, 15) is 18.3 Å². The highest BCUT2D eigenvalue weighted by Crippen LogP contribution is 2.32. The van der Waals surface area contributed by atoms with Crippen LogP contribution in [0, 0.1) is 5.92 Å². The predicted molar refractivity (Wildman–Crippen MR) is 111 cm³/mol. The van der Waals surface area contributed by atoms with Gasteiger partial charge < -0.3 is 20.3 Å². The molecule has 2 unspecified atom stereocenters. The minimum absolute atomic E-state index is 0.0934. The Hall–Kier alpha value is -2.81. The van der Waals surface area contributed by atoms with Gasteiger partial charge in [-0.15, -0.1) is 0 Å². The number of ether oxygens (including phenoxy) is 2. The minimum atomic E-state index is -4.44. The average Bonchev–Trinajstić information content (AvgIpc) is 2.72. The second kappa shape index (κ2) is 10.00. The van der Waals surface area contributed by atoms with Crippen LogP contribution < -0.4 is 15.8 Å². The minimum Gasteiger partial charge on any atom is -0.457 e. The summed E-state index contributed by atoms with van der Waals surface area (Å²) in [6.07, 6.45) is -1.02. The Labute approximate surface area is 179 Å². The van der Waals surface area contributed by atoms with Gasteiger partial charge in [-0.1, -0.05) is 30.4 Å². The van der Waals surface area contributed by atoms with E-state index in [0.29, 0.717) is 36.6 Å². The van der Waals surface area contributed by atoms with Gasteiger partial charge >= 0.3 is 6.18 Å². The summed E-state index contributed by atoms with van der Waals surface area (Å²) in [5, 5.41) is 13.5. The van der Waals surface area contributed by atoms with Crippen molar-refractivity contribution >= 4 is 0 Å². The molecule has 1 aliphatic rings. The van der Waals surface area contributed by atoms with Crippen LogP contribution in [0.3, 0.4) is 0 Å². The summed E-state index contributed by atoms with van der Waals surface area (Å²) >= 11 is 0. The molecule has 5 nitrogen and oxygen atoms in total.